The van der Waals surface area contributed by atoms with Gasteiger partial charge in [0.25, 0.3) is 10.0 Å². The van der Waals surface area contributed by atoms with Crippen molar-refractivity contribution in [1.82, 2.24) is 0 Å². The number of amides is 1. The lowest BCUT2D eigenvalue weighted by Crippen LogP contribution is -2.42. The average Bonchev–Trinajstić information content (AvgIpc) is 2.91. The lowest BCUT2D eigenvalue weighted by atomic mass is 9.84. The minimum atomic E-state index is -3.74. The number of rotatable bonds is 4. The molecule has 2 aromatic carbocycles. The smallest absolute Gasteiger partial charge is 0.261 e. The summed E-state index contributed by atoms with van der Waals surface area (Å²) in [6.45, 7) is 3.87. The predicted octanol–water partition coefficient (Wildman–Crippen LogP) is 4.53. The van der Waals surface area contributed by atoms with E-state index in [0.29, 0.717) is 17.1 Å². The Morgan fingerprint density at radius 1 is 1.18 bits per heavy atom. The summed E-state index contributed by atoms with van der Waals surface area (Å²) in [6.07, 6.45) is 3.67. The van der Waals surface area contributed by atoms with Crippen LogP contribution < -0.4 is 9.62 Å². The van der Waals surface area contributed by atoms with E-state index in [9.17, 15) is 13.2 Å². The van der Waals surface area contributed by atoms with Gasteiger partial charge in [-0.1, -0.05) is 24.1 Å². The van der Waals surface area contributed by atoms with Gasteiger partial charge >= 0.3 is 0 Å². The second-order valence-electron chi connectivity index (χ2n) is 7.75. The molecule has 0 unspecified atom stereocenters. The Kier molecular flexibility index (Phi) is 4.88. The van der Waals surface area contributed by atoms with Gasteiger partial charge in [-0.3, -0.25) is 9.52 Å². The molecular weight excluding hydrogens is 396 g/mol. The van der Waals surface area contributed by atoms with Gasteiger partial charge in [0, 0.05) is 22.7 Å². The zero-order chi connectivity index (χ0) is 20.1. The molecule has 0 saturated heterocycles. The maximum absolute atomic E-state index is 12.8. The predicted molar refractivity (Wildman–Crippen MR) is 111 cm³/mol. The minimum Gasteiger partial charge on any atom is -0.309 e. The molecule has 148 valence electrons. The first-order valence-corrected chi connectivity index (χ1v) is 11.4. The Labute approximate surface area is 170 Å². The van der Waals surface area contributed by atoms with Crippen molar-refractivity contribution >= 4 is 38.9 Å². The molecule has 0 spiro atoms. The fraction of sp³-hybridized carbons (Fsp3) is 0.381. The monoisotopic (exact) mass is 418 g/mol. The van der Waals surface area contributed by atoms with Gasteiger partial charge in [0.1, 0.15) is 0 Å². The standard InChI is InChI=1S/C21H23ClN2O3S/c1-13-6-7-17(12-19(13)22)23-28(26,27)18-8-9-20-16(11-18)10-14(2)24(20)21(25)15-4-3-5-15/h6-9,11-12,14-15,23H,3-5,10H2,1-2H3/t14-/m1/s1. The van der Waals surface area contributed by atoms with Crippen LogP contribution in [0.4, 0.5) is 11.4 Å². The molecule has 1 aliphatic heterocycles. The number of nitrogens with zero attached hydrogens (tertiary/aromatic N) is 1. The van der Waals surface area contributed by atoms with Gasteiger partial charge in [-0.05, 0) is 74.6 Å². The Hall–Kier alpha value is -2.05. The van der Waals surface area contributed by atoms with E-state index in [1.54, 1.807) is 36.4 Å². The molecule has 1 N–H and O–H groups in total. The maximum Gasteiger partial charge on any atom is 0.261 e. The normalized spacial score (nSPS) is 19.2. The fourth-order valence-corrected chi connectivity index (χ4v) is 5.11. The summed E-state index contributed by atoms with van der Waals surface area (Å²) < 4.78 is 28.2. The molecule has 0 radical (unpaired) electrons. The van der Waals surface area contributed by atoms with E-state index < -0.39 is 10.0 Å². The van der Waals surface area contributed by atoms with E-state index in [4.69, 9.17) is 11.6 Å². The van der Waals surface area contributed by atoms with Crippen LogP contribution in [0.25, 0.3) is 0 Å². The molecule has 1 heterocycles. The first kappa shape index (κ1) is 19.3. The molecule has 0 aromatic heterocycles. The van der Waals surface area contributed by atoms with Crippen molar-refractivity contribution in [3.8, 4) is 0 Å². The van der Waals surface area contributed by atoms with Gasteiger partial charge < -0.3 is 4.90 Å². The van der Waals surface area contributed by atoms with E-state index in [0.717, 1.165) is 36.1 Å². The summed E-state index contributed by atoms with van der Waals surface area (Å²) in [7, 11) is -3.74. The second-order valence-corrected chi connectivity index (χ2v) is 9.84. The Morgan fingerprint density at radius 3 is 2.57 bits per heavy atom. The summed E-state index contributed by atoms with van der Waals surface area (Å²) in [5.41, 5.74) is 3.03. The largest absolute Gasteiger partial charge is 0.309 e. The molecule has 4 rings (SSSR count). The highest BCUT2D eigenvalue weighted by Gasteiger charge is 2.37. The molecule has 1 saturated carbocycles. The van der Waals surface area contributed by atoms with Gasteiger partial charge in [0.2, 0.25) is 5.91 Å². The van der Waals surface area contributed by atoms with Gasteiger partial charge in [-0.15, -0.1) is 0 Å². The Bertz CT molecular complexity index is 1050. The number of anilines is 2. The van der Waals surface area contributed by atoms with Crippen molar-refractivity contribution in [3.63, 3.8) is 0 Å². The minimum absolute atomic E-state index is 0.0462. The van der Waals surface area contributed by atoms with Crippen molar-refractivity contribution in [3.05, 3.63) is 52.5 Å². The highest BCUT2D eigenvalue weighted by molar-refractivity contribution is 7.92. The van der Waals surface area contributed by atoms with Crippen LogP contribution in [-0.2, 0) is 21.2 Å². The van der Waals surface area contributed by atoms with Crippen LogP contribution in [0.1, 0.15) is 37.3 Å². The van der Waals surface area contributed by atoms with Gasteiger partial charge in [0.15, 0.2) is 0 Å². The zero-order valence-electron chi connectivity index (χ0n) is 15.9. The van der Waals surface area contributed by atoms with E-state index in [-0.39, 0.29) is 22.8 Å². The molecule has 28 heavy (non-hydrogen) atoms. The number of fused-ring (bicyclic) bond motifs is 1. The molecule has 0 bridgehead atoms. The van der Waals surface area contributed by atoms with Gasteiger partial charge in [0.05, 0.1) is 10.6 Å². The number of carbonyl (C=O) groups is 1. The number of nitrogens with one attached hydrogen (secondary N) is 1. The first-order chi connectivity index (χ1) is 13.3. The lowest BCUT2D eigenvalue weighted by molar-refractivity contribution is -0.125. The Balaban J connectivity index is 1.61. The highest BCUT2D eigenvalue weighted by Crippen LogP contribution is 2.38. The van der Waals surface area contributed by atoms with Crippen LogP contribution in [0.2, 0.25) is 5.02 Å². The molecule has 2 aromatic rings. The third kappa shape index (κ3) is 3.40. The summed E-state index contributed by atoms with van der Waals surface area (Å²) in [6, 6.07) is 10.1. The van der Waals surface area contributed by atoms with Crippen LogP contribution >= 0.6 is 11.6 Å². The second kappa shape index (κ2) is 7.08. The molecule has 1 amide bonds. The third-order valence-electron chi connectivity index (χ3n) is 5.69. The van der Waals surface area contributed by atoms with Crippen LogP contribution in [0, 0.1) is 12.8 Å². The number of benzene rings is 2. The number of hydrogen-bond donors (Lipinski definition) is 1. The zero-order valence-corrected chi connectivity index (χ0v) is 17.5. The van der Waals surface area contributed by atoms with Crippen molar-refractivity contribution in [1.29, 1.82) is 0 Å². The summed E-state index contributed by atoms with van der Waals surface area (Å²) in [5.74, 6) is 0.283. The van der Waals surface area contributed by atoms with Crippen LogP contribution in [0.5, 0.6) is 0 Å². The molecule has 5 nitrogen and oxygen atoms in total. The molecule has 7 heteroatoms. The number of sulfonamides is 1. The highest BCUT2D eigenvalue weighted by atomic mass is 35.5. The third-order valence-corrected chi connectivity index (χ3v) is 7.48. The fourth-order valence-electron chi connectivity index (χ4n) is 3.83. The van der Waals surface area contributed by atoms with E-state index in [1.807, 2.05) is 18.7 Å². The van der Waals surface area contributed by atoms with Gasteiger partial charge in [-0.25, -0.2) is 8.42 Å². The lowest BCUT2D eigenvalue weighted by Gasteiger charge is -2.32. The quantitative estimate of drug-likeness (QED) is 0.793. The van der Waals surface area contributed by atoms with E-state index >= 15 is 0 Å². The molecule has 1 fully saturated rings. The number of halogens is 1. The summed E-state index contributed by atoms with van der Waals surface area (Å²) in [4.78, 5) is 14.8. The van der Waals surface area contributed by atoms with Crippen LogP contribution in [-0.4, -0.2) is 20.4 Å². The number of hydrogen-bond acceptors (Lipinski definition) is 3. The topological polar surface area (TPSA) is 66.5 Å². The molecule has 1 aliphatic carbocycles. The van der Waals surface area contributed by atoms with Crippen LogP contribution in [0.15, 0.2) is 41.3 Å². The van der Waals surface area contributed by atoms with Crippen molar-refractivity contribution < 1.29 is 13.2 Å². The van der Waals surface area contributed by atoms with E-state index in [1.165, 1.54) is 0 Å². The SMILES string of the molecule is Cc1ccc(NS(=O)(=O)c2ccc3c(c2)C[C@@H](C)N3C(=O)C2CCC2)cc1Cl. The van der Waals surface area contributed by atoms with Crippen molar-refractivity contribution in [2.45, 2.75) is 50.5 Å². The van der Waals surface area contributed by atoms with Crippen LogP contribution in [0.3, 0.4) is 0 Å². The van der Waals surface area contributed by atoms with Gasteiger partial charge in [-0.2, -0.15) is 0 Å². The van der Waals surface area contributed by atoms with E-state index in [2.05, 4.69) is 4.72 Å². The summed E-state index contributed by atoms with van der Waals surface area (Å²) in [5, 5.41) is 0.508. The number of carbonyl (C=O) groups excluding carboxylic acids is 1. The molecule has 2 aliphatic rings. The molecular formula is C21H23ClN2O3S. The maximum atomic E-state index is 12.8. The van der Waals surface area contributed by atoms with Crippen molar-refractivity contribution in [2.75, 3.05) is 9.62 Å². The van der Waals surface area contributed by atoms with Crippen molar-refractivity contribution in [2.24, 2.45) is 5.92 Å². The molecule has 1 atom stereocenters. The average molecular weight is 419 g/mol. The Morgan fingerprint density at radius 2 is 1.93 bits per heavy atom. The summed E-state index contributed by atoms with van der Waals surface area (Å²) >= 11 is 6.10. The number of aryl methyl sites for hydroxylation is 1. The first-order valence-electron chi connectivity index (χ1n) is 9.51.